The summed E-state index contributed by atoms with van der Waals surface area (Å²) < 4.78 is 0. The quantitative estimate of drug-likeness (QED) is 0.638. The normalized spacial score (nSPS) is 16.2. The van der Waals surface area contributed by atoms with E-state index in [-0.39, 0.29) is 17.7 Å². The summed E-state index contributed by atoms with van der Waals surface area (Å²) >= 11 is 7.25. The minimum Gasteiger partial charge on any atom is -0.312 e. The average molecular weight is 427 g/mol. The SMILES string of the molecule is O=C(CCc1ccccc1)Nc1nnc(C2CC(=O)N(c3ccc(Cl)cc3)C2)s1. The van der Waals surface area contributed by atoms with Gasteiger partial charge in [0.15, 0.2) is 0 Å². The summed E-state index contributed by atoms with van der Waals surface area (Å²) in [7, 11) is 0. The number of hydrogen-bond donors (Lipinski definition) is 1. The van der Waals surface area contributed by atoms with Crippen molar-refractivity contribution < 1.29 is 9.59 Å². The molecule has 1 saturated heterocycles. The number of nitrogens with one attached hydrogen (secondary N) is 1. The van der Waals surface area contributed by atoms with Crippen molar-refractivity contribution in [3.05, 3.63) is 70.2 Å². The van der Waals surface area contributed by atoms with Gasteiger partial charge in [-0.05, 0) is 36.2 Å². The van der Waals surface area contributed by atoms with Crippen LogP contribution >= 0.6 is 22.9 Å². The topological polar surface area (TPSA) is 75.2 Å². The Hall–Kier alpha value is -2.77. The highest BCUT2D eigenvalue weighted by Crippen LogP contribution is 2.34. The molecule has 1 aromatic heterocycles. The van der Waals surface area contributed by atoms with Crippen LogP contribution in [0.5, 0.6) is 0 Å². The fraction of sp³-hybridized carbons (Fsp3) is 0.238. The molecule has 1 unspecified atom stereocenters. The third-order valence-electron chi connectivity index (χ3n) is 4.78. The lowest BCUT2D eigenvalue weighted by atomic mass is 10.1. The molecule has 1 aliphatic rings. The van der Waals surface area contributed by atoms with Crippen molar-refractivity contribution >= 4 is 45.6 Å². The van der Waals surface area contributed by atoms with E-state index in [1.807, 2.05) is 42.5 Å². The third-order valence-corrected chi connectivity index (χ3v) is 6.04. The van der Waals surface area contributed by atoms with Crippen LogP contribution in [0.4, 0.5) is 10.8 Å². The van der Waals surface area contributed by atoms with E-state index < -0.39 is 0 Å². The molecule has 3 aromatic rings. The second-order valence-corrected chi connectivity index (χ2v) is 8.31. The highest BCUT2D eigenvalue weighted by molar-refractivity contribution is 7.15. The Kier molecular flexibility index (Phi) is 5.87. The van der Waals surface area contributed by atoms with Gasteiger partial charge in [-0.3, -0.25) is 9.59 Å². The number of carbonyl (C=O) groups is 2. The molecular formula is C21H19ClN4O2S. The van der Waals surface area contributed by atoms with E-state index in [0.717, 1.165) is 16.3 Å². The molecule has 6 nitrogen and oxygen atoms in total. The highest BCUT2D eigenvalue weighted by atomic mass is 35.5. The first-order valence-electron chi connectivity index (χ1n) is 9.31. The Bertz CT molecular complexity index is 1010. The molecule has 1 atom stereocenters. The van der Waals surface area contributed by atoms with Crippen LogP contribution in [0.1, 0.15) is 29.3 Å². The Labute approximate surface area is 177 Å². The smallest absolute Gasteiger partial charge is 0.227 e. The zero-order chi connectivity index (χ0) is 20.2. The molecular weight excluding hydrogens is 408 g/mol. The summed E-state index contributed by atoms with van der Waals surface area (Å²) in [6.07, 6.45) is 1.43. The molecule has 1 aliphatic heterocycles. The monoisotopic (exact) mass is 426 g/mol. The van der Waals surface area contributed by atoms with Crippen molar-refractivity contribution in [2.45, 2.75) is 25.2 Å². The maximum atomic E-state index is 12.4. The van der Waals surface area contributed by atoms with Crippen molar-refractivity contribution in [2.24, 2.45) is 0 Å². The Morgan fingerprint density at radius 1 is 1.14 bits per heavy atom. The van der Waals surface area contributed by atoms with E-state index >= 15 is 0 Å². The van der Waals surface area contributed by atoms with Gasteiger partial charge in [0, 0.05) is 36.0 Å². The van der Waals surface area contributed by atoms with Crippen molar-refractivity contribution in [3.8, 4) is 0 Å². The molecule has 1 N–H and O–H groups in total. The fourth-order valence-corrected chi connectivity index (χ4v) is 4.25. The van der Waals surface area contributed by atoms with Gasteiger partial charge in [-0.25, -0.2) is 0 Å². The predicted octanol–water partition coefficient (Wildman–Crippen LogP) is 4.28. The van der Waals surface area contributed by atoms with Crippen LogP contribution in [0, 0.1) is 0 Å². The van der Waals surface area contributed by atoms with Crippen LogP contribution in [-0.2, 0) is 16.0 Å². The first-order chi connectivity index (χ1) is 14.1. The number of anilines is 2. The number of nitrogens with zero attached hydrogens (tertiary/aromatic N) is 3. The maximum absolute atomic E-state index is 12.4. The first-order valence-corrected chi connectivity index (χ1v) is 10.5. The molecule has 4 rings (SSSR count). The number of amides is 2. The lowest BCUT2D eigenvalue weighted by molar-refractivity contribution is -0.117. The molecule has 0 radical (unpaired) electrons. The van der Waals surface area contributed by atoms with Crippen LogP contribution in [0.3, 0.4) is 0 Å². The number of hydrogen-bond acceptors (Lipinski definition) is 5. The molecule has 2 heterocycles. The summed E-state index contributed by atoms with van der Waals surface area (Å²) in [5.74, 6) is -0.0894. The van der Waals surface area contributed by atoms with Gasteiger partial charge in [0.05, 0.1) is 0 Å². The number of aromatic nitrogens is 2. The largest absolute Gasteiger partial charge is 0.312 e. The molecule has 0 bridgehead atoms. The van der Waals surface area contributed by atoms with E-state index in [0.29, 0.717) is 36.0 Å². The number of aryl methyl sites for hydroxylation is 1. The summed E-state index contributed by atoms with van der Waals surface area (Å²) in [6, 6.07) is 17.1. The van der Waals surface area contributed by atoms with Crippen LogP contribution in [0.25, 0.3) is 0 Å². The average Bonchev–Trinajstić information content (AvgIpc) is 3.34. The minimum absolute atomic E-state index is 0.0364. The van der Waals surface area contributed by atoms with E-state index in [1.54, 1.807) is 17.0 Å². The summed E-state index contributed by atoms with van der Waals surface area (Å²) in [4.78, 5) is 26.4. The second kappa shape index (κ2) is 8.71. The van der Waals surface area contributed by atoms with Crippen LogP contribution < -0.4 is 10.2 Å². The summed E-state index contributed by atoms with van der Waals surface area (Å²) in [5, 5.41) is 12.9. The van der Waals surface area contributed by atoms with E-state index in [4.69, 9.17) is 11.6 Å². The van der Waals surface area contributed by atoms with Crippen LogP contribution in [0.15, 0.2) is 54.6 Å². The molecule has 1 fully saturated rings. The van der Waals surface area contributed by atoms with E-state index in [1.165, 1.54) is 11.3 Å². The minimum atomic E-state index is -0.0955. The zero-order valence-electron chi connectivity index (χ0n) is 15.5. The van der Waals surface area contributed by atoms with Crippen LogP contribution in [0.2, 0.25) is 5.02 Å². The molecule has 0 spiro atoms. The number of carbonyl (C=O) groups excluding carboxylic acids is 2. The molecule has 0 saturated carbocycles. The van der Waals surface area contributed by atoms with Gasteiger partial charge in [-0.1, -0.05) is 53.3 Å². The zero-order valence-corrected chi connectivity index (χ0v) is 17.1. The first kappa shape index (κ1) is 19.5. The van der Waals surface area contributed by atoms with E-state index in [9.17, 15) is 9.59 Å². The summed E-state index contributed by atoms with van der Waals surface area (Å²) in [5.41, 5.74) is 1.94. The number of benzene rings is 2. The Morgan fingerprint density at radius 3 is 2.66 bits per heavy atom. The van der Waals surface area contributed by atoms with Gasteiger partial charge < -0.3 is 10.2 Å². The highest BCUT2D eigenvalue weighted by Gasteiger charge is 2.33. The standard InChI is InChI=1S/C21H19ClN4O2S/c22-16-7-9-17(10-8-16)26-13-15(12-19(26)28)20-24-25-21(29-20)23-18(27)11-6-14-4-2-1-3-5-14/h1-5,7-10,15H,6,11-13H2,(H,23,25,27). The molecule has 2 aromatic carbocycles. The van der Waals surface area contributed by atoms with Crippen molar-refractivity contribution in [3.63, 3.8) is 0 Å². The number of halogens is 1. The molecule has 2 amide bonds. The van der Waals surface area contributed by atoms with Gasteiger partial charge in [0.2, 0.25) is 16.9 Å². The van der Waals surface area contributed by atoms with Crippen molar-refractivity contribution in [1.82, 2.24) is 10.2 Å². The number of rotatable bonds is 6. The molecule has 148 valence electrons. The van der Waals surface area contributed by atoms with Gasteiger partial charge in [0.1, 0.15) is 5.01 Å². The lowest BCUT2D eigenvalue weighted by Crippen LogP contribution is -2.24. The second-order valence-electron chi connectivity index (χ2n) is 6.86. The summed E-state index contributed by atoms with van der Waals surface area (Å²) in [6.45, 7) is 0.539. The van der Waals surface area contributed by atoms with Gasteiger partial charge >= 0.3 is 0 Å². The fourth-order valence-electron chi connectivity index (χ4n) is 3.28. The predicted molar refractivity (Wildman–Crippen MR) is 114 cm³/mol. The molecule has 0 aliphatic carbocycles. The Balaban J connectivity index is 1.34. The lowest BCUT2D eigenvalue weighted by Gasteiger charge is -2.16. The Morgan fingerprint density at radius 2 is 1.90 bits per heavy atom. The van der Waals surface area contributed by atoms with Crippen LogP contribution in [-0.4, -0.2) is 28.6 Å². The van der Waals surface area contributed by atoms with Crippen molar-refractivity contribution in [1.29, 1.82) is 0 Å². The molecule has 8 heteroatoms. The maximum Gasteiger partial charge on any atom is 0.227 e. The third kappa shape index (κ3) is 4.81. The van der Waals surface area contributed by atoms with E-state index in [2.05, 4.69) is 15.5 Å². The van der Waals surface area contributed by atoms with Gasteiger partial charge in [0.25, 0.3) is 0 Å². The van der Waals surface area contributed by atoms with Gasteiger partial charge in [-0.2, -0.15) is 0 Å². The molecule has 29 heavy (non-hydrogen) atoms. The van der Waals surface area contributed by atoms with Gasteiger partial charge in [-0.15, -0.1) is 10.2 Å². The van der Waals surface area contributed by atoms with Crippen molar-refractivity contribution in [2.75, 3.05) is 16.8 Å².